The molecule has 0 bridgehead atoms. The third-order valence-corrected chi connectivity index (χ3v) is 3.36. The summed E-state index contributed by atoms with van der Waals surface area (Å²) >= 11 is 0. The highest BCUT2D eigenvalue weighted by Gasteiger charge is 2.22. The van der Waals surface area contributed by atoms with Crippen LogP contribution in [0, 0.1) is 0 Å². The summed E-state index contributed by atoms with van der Waals surface area (Å²) in [5.74, 6) is 1.07. The average Bonchev–Trinajstić information content (AvgIpc) is 2.89. The number of pyridine rings is 1. The summed E-state index contributed by atoms with van der Waals surface area (Å²) in [7, 11) is 2.11. The maximum atomic E-state index is 5.45. The molecular formula is C14H23N3O. The van der Waals surface area contributed by atoms with E-state index < -0.39 is 0 Å². The number of likely N-dealkylation sites (N-methyl/N-ethyl adjacent to an activating group) is 1. The van der Waals surface area contributed by atoms with E-state index in [-0.39, 0.29) is 0 Å². The van der Waals surface area contributed by atoms with Crippen LogP contribution in [0.5, 0.6) is 0 Å². The zero-order valence-corrected chi connectivity index (χ0v) is 11.5. The zero-order valence-electron chi connectivity index (χ0n) is 11.5. The zero-order chi connectivity index (χ0) is 13.0. The van der Waals surface area contributed by atoms with Gasteiger partial charge in [-0.05, 0) is 12.5 Å². The molecule has 0 saturated carbocycles. The first-order valence-electron chi connectivity index (χ1n) is 6.66. The summed E-state index contributed by atoms with van der Waals surface area (Å²) in [5.41, 5.74) is 1.25. The Hall–Kier alpha value is -1.13. The molecule has 1 fully saturated rings. The average molecular weight is 249 g/mol. The van der Waals surface area contributed by atoms with E-state index in [9.17, 15) is 0 Å². The lowest BCUT2D eigenvalue weighted by Gasteiger charge is -2.26. The number of hydrogen-bond donors (Lipinski definition) is 1. The molecule has 100 valence electrons. The van der Waals surface area contributed by atoms with Gasteiger partial charge in [0, 0.05) is 38.0 Å². The van der Waals surface area contributed by atoms with Gasteiger partial charge in [0.25, 0.3) is 0 Å². The van der Waals surface area contributed by atoms with Gasteiger partial charge in [0.05, 0.1) is 12.6 Å². The first-order chi connectivity index (χ1) is 8.68. The Labute approximate surface area is 109 Å². The van der Waals surface area contributed by atoms with Gasteiger partial charge in [-0.2, -0.15) is 0 Å². The van der Waals surface area contributed by atoms with Crippen molar-refractivity contribution in [3.63, 3.8) is 0 Å². The number of hydrogen-bond acceptors (Lipinski definition) is 4. The Kier molecular flexibility index (Phi) is 4.55. The van der Waals surface area contributed by atoms with Crippen molar-refractivity contribution < 1.29 is 4.74 Å². The van der Waals surface area contributed by atoms with Gasteiger partial charge < -0.3 is 15.0 Å². The second-order valence-corrected chi connectivity index (χ2v) is 5.15. The highest BCUT2D eigenvalue weighted by Crippen LogP contribution is 2.21. The van der Waals surface area contributed by atoms with E-state index >= 15 is 0 Å². The minimum Gasteiger partial charge on any atom is -0.379 e. The summed E-state index contributed by atoms with van der Waals surface area (Å²) in [5, 5.41) is 3.45. The lowest BCUT2D eigenvalue weighted by atomic mass is 10.2. The van der Waals surface area contributed by atoms with Gasteiger partial charge >= 0.3 is 0 Å². The minimum atomic E-state index is 0.456. The normalized spacial score (nSPS) is 19.4. The summed E-state index contributed by atoms with van der Waals surface area (Å²) in [6, 6.07) is 5.08. The molecule has 1 unspecified atom stereocenters. The molecule has 1 saturated heterocycles. The molecule has 4 nitrogen and oxygen atoms in total. The van der Waals surface area contributed by atoms with Crippen LogP contribution < -0.4 is 10.2 Å². The van der Waals surface area contributed by atoms with E-state index in [2.05, 4.69) is 42.2 Å². The fraction of sp³-hybridized carbons (Fsp3) is 0.643. The van der Waals surface area contributed by atoms with Crippen LogP contribution in [-0.2, 0) is 11.3 Å². The molecule has 0 radical (unpaired) electrons. The van der Waals surface area contributed by atoms with Crippen molar-refractivity contribution in [2.75, 3.05) is 25.2 Å². The quantitative estimate of drug-likeness (QED) is 0.863. The fourth-order valence-corrected chi connectivity index (χ4v) is 2.20. The molecule has 0 amide bonds. The van der Waals surface area contributed by atoms with Gasteiger partial charge in [0.15, 0.2) is 0 Å². The fourth-order valence-electron chi connectivity index (χ4n) is 2.20. The predicted molar refractivity (Wildman–Crippen MR) is 73.8 cm³/mol. The lowest BCUT2D eigenvalue weighted by Crippen LogP contribution is -2.34. The molecule has 0 aromatic carbocycles. The molecule has 2 rings (SSSR count). The van der Waals surface area contributed by atoms with Crippen LogP contribution in [0.15, 0.2) is 18.3 Å². The van der Waals surface area contributed by atoms with Crippen molar-refractivity contribution in [3.8, 4) is 0 Å². The monoisotopic (exact) mass is 249 g/mol. The van der Waals surface area contributed by atoms with E-state index in [4.69, 9.17) is 4.74 Å². The van der Waals surface area contributed by atoms with E-state index in [1.165, 1.54) is 5.56 Å². The first-order valence-corrected chi connectivity index (χ1v) is 6.66. The molecule has 1 aromatic heterocycles. The summed E-state index contributed by atoms with van der Waals surface area (Å²) < 4.78 is 5.45. The molecular weight excluding hydrogens is 226 g/mol. The second-order valence-electron chi connectivity index (χ2n) is 5.15. The Morgan fingerprint density at radius 1 is 1.56 bits per heavy atom. The number of anilines is 1. The molecule has 1 aliphatic heterocycles. The summed E-state index contributed by atoms with van der Waals surface area (Å²) in [4.78, 5) is 6.79. The first kappa shape index (κ1) is 13.3. The SMILES string of the molecule is CC(C)NCc1cccnc1N(C)C1CCOC1. The highest BCUT2D eigenvalue weighted by molar-refractivity contribution is 5.47. The van der Waals surface area contributed by atoms with Gasteiger partial charge in [-0.1, -0.05) is 19.9 Å². The van der Waals surface area contributed by atoms with Gasteiger partial charge in [-0.25, -0.2) is 4.98 Å². The van der Waals surface area contributed by atoms with Crippen molar-refractivity contribution in [2.24, 2.45) is 0 Å². The molecule has 1 atom stereocenters. The largest absolute Gasteiger partial charge is 0.379 e. The number of nitrogens with one attached hydrogen (secondary N) is 1. The van der Waals surface area contributed by atoms with Crippen LogP contribution in [0.25, 0.3) is 0 Å². The predicted octanol–water partition coefficient (Wildman–Crippen LogP) is 1.80. The van der Waals surface area contributed by atoms with Crippen molar-refractivity contribution in [2.45, 2.75) is 38.9 Å². The van der Waals surface area contributed by atoms with E-state index in [0.29, 0.717) is 12.1 Å². The maximum Gasteiger partial charge on any atom is 0.133 e. The van der Waals surface area contributed by atoms with Crippen LogP contribution in [0.4, 0.5) is 5.82 Å². The number of ether oxygens (including phenoxy) is 1. The van der Waals surface area contributed by atoms with E-state index in [1.54, 1.807) is 0 Å². The topological polar surface area (TPSA) is 37.4 Å². The van der Waals surface area contributed by atoms with Crippen molar-refractivity contribution in [3.05, 3.63) is 23.9 Å². The molecule has 1 aromatic rings. The van der Waals surface area contributed by atoms with E-state index in [0.717, 1.165) is 32.0 Å². The Bertz CT molecular complexity index is 375. The van der Waals surface area contributed by atoms with Crippen LogP contribution in [0.3, 0.4) is 0 Å². The molecule has 1 N–H and O–H groups in total. The van der Waals surface area contributed by atoms with Crippen molar-refractivity contribution in [1.82, 2.24) is 10.3 Å². The van der Waals surface area contributed by atoms with Gasteiger partial charge in [0.2, 0.25) is 0 Å². The van der Waals surface area contributed by atoms with Crippen LogP contribution >= 0.6 is 0 Å². The molecule has 2 heterocycles. The molecule has 0 spiro atoms. The molecule has 18 heavy (non-hydrogen) atoms. The maximum absolute atomic E-state index is 5.45. The molecule has 0 aliphatic carbocycles. The third-order valence-electron chi connectivity index (χ3n) is 3.36. The number of rotatable bonds is 5. The summed E-state index contributed by atoms with van der Waals surface area (Å²) in [6.45, 7) is 6.85. The van der Waals surface area contributed by atoms with Crippen LogP contribution in [0.1, 0.15) is 25.8 Å². The van der Waals surface area contributed by atoms with E-state index in [1.807, 2.05) is 12.3 Å². The number of nitrogens with zero attached hydrogens (tertiary/aromatic N) is 2. The van der Waals surface area contributed by atoms with Crippen molar-refractivity contribution in [1.29, 1.82) is 0 Å². The third kappa shape index (κ3) is 3.21. The minimum absolute atomic E-state index is 0.456. The Balaban J connectivity index is 2.10. The molecule has 1 aliphatic rings. The second kappa shape index (κ2) is 6.16. The van der Waals surface area contributed by atoms with Gasteiger partial charge in [0.1, 0.15) is 5.82 Å². The Morgan fingerprint density at radius 2 is 2.39 bits per heavy atom. The smallest absolute Gasteiger partial charge is 0.133 e. The standard InChI is InChI=1S/C14H23N3O/c1-11(2)16-9-12-5-4-7-15-14(12)17(3)13-6-8-18-10-13/h4-5,7,11,13,16H,6,8-10H2,1-3H3. The van der Waals surface area contributed by atoms with Crippen molar-refractivity contribution >= 4 is 5.82 Å². The van der Waals surface area contributed by atoms with Crippen LogP contribution in [0.2, 0.25) is 0 Å². The Morgan fingerprint density at radius 3 is 3.06 bits per heavy atom. The number of aromatic nitrogens is 1. The highest BCUT2D eigenvalue weighted by atomic mass is 16.5. The lowest BCUT2D eigenvalue weighted by molar-refractivity contribution is 0.193. The summed E-state index contributed by atoms with van der Waals surface area (Å²) in [6.07, 6.45) is 2.95. The molecule has 4 heteroatoms. The van der Waals surface area contributed by atoms with Gasteiger partial charge in [-0.3, -0.25) is 0 Å². The van der Waals surface area contributed by atoms with Gasteiger partial charge in [-0.15, -0.1) is 0 Å². The van der Waals surface area contributed by atoms with Crippen LogP contribution in [-0.4, -0.2) is 37.3 Å².